The van der Waals surface area contributed by atoms with Crippen LogP contribution in [-0.4, -0.2) is 6.16 Å². The molecule has 0 spiro atoms. The average Bonchev–Trinajstić information content (AvgIpc) is 2.19. The highest BCUT2D eigenvalue weighted by molar-refractivity contribution is 7.53. The van der Waals surface area contributed by atoms with Crippen LogP contribution in [0.3, 0.4) is 0 Å². The van der Waals surface area contributed by atoms with Crippen LogP contribution < -0.4 is 0 Å². The third-order valence-corrected chi connectivity index (χ3v) is 2.72. The molecular formula is C7H8F2O3P. The molecule has 0 aromatic heterocycles. The van der Waals surface area contributed by atoms with E-state index in [0.29, 0.717) is 12.0 Å². The fourth-order valence-electron chi connectivity index (χ4n) is 0.958. The van der Waals surface area contributed by atoms with E-state index in [2.05, 4.69) is 9.46 Å². The Kier molecular flexibility index (Phi) is 3.78. The normalized spacial score (nSPS) is 17.2. The van der Waals surface area contributed by atoms with Gasteiger partial charge in [-0.3, -0.25) is 4.57 Å². The molecule has 1 aliphatic carbocycles. The molecule has 0 amide bonds. The third kappa shape index (κ3) is 3.03. The molecule has 0 heterocycles. The maximum Gasteiger partial charge on any atom is 0.398 e. The average molecular weight is 209 g/mol. The molecule has 1 aliphatic rings. The van der Waals surface area contributed by atoms with Gasteiger partial charge in [-0.25, -0.2) is 0 Å². The van der Waals surface area contributed by atoms with E-state index in [1.807, 2.05) is 6.08 Å². The first kappa shape index (κ1) is 10.6. The second kappa shape index (κ2) is 4.65. The summed E-state index contributed by atoms with van der Waals surface area (Å²) >= 11 is 0. The minimum Gasteiger partial charge on any atom is -0.254 e. The van der Waals surface area contributed by atoms with Gasteiger partial charge in [-0.1, -0.05) is 23.8 Å². The Hall–Kier alpha value is -0.510. The Labute approximate surface area is 74.4 Å². The highest BCUT2D eigenvalue weighted by Gasteiger charge is 2.28. The summed E-state index contributed by atoms with van der Waals surface area (Å²) in [7, 11) is -4.22. The van der Waals surface area contributed by atoms with E-state index in [1.54, 1.807) is 18.6 Å². The van der Waals surface area contributed by atoms with Gasteiger partial charge in [-0.15, -0.1) is 9.46 Å². The zero-order chi connectivity index (χ0) is 9.73. The zero-order valence-corrected chi connectivity index (χ0v) is 7.55. The van der Waals surface area contributed by atoms with Crippen LogP contribution in [-0.2, 0) is 14.0 Å². The van der Waals surface area contributed by atoms with Gasteiger partial charge in [0.25, 0.3) is 0 Å². The first-order valence-electron chi connectivity index (χ1n) is 3.59. The molecule has 0 fully saturated rings. The summed E-state index contributed by atoms with van der Waals surface area (Å²) in [6.07, 6.45) is 7.07. The van der Waals surface area contributed by atoms with Gasteiger partial charge < -0.3 is 0 Å². The number of hydrogen-bond donors (Lipinski definition) is 0. The second-order valence-corrected chi connectivity index (χ2v) is 4.33. The van der Waals surface area contributed by atoms with Crippen LogP contribution in [0.5, 0.6) is 0 Å². The van der Waals surface area contributed by atoms with Crippen LogP contribution in [0.4, 0.5) is 9.05 Å². The van der Waals surface area contributed by atoms with E-state index < -0.39 is 13.8 Å². The molecule has 1 rings (SSSR count). The SMILES string of the molecule is O=P(CC1=CC=CC[CH]1)(OF)OF. The van der Waals surface area contributed by atoms with Crippen molar-refractivity contribution in [2.24, 2.45) is 0 Å². The van der Waals surface area contributed by atoms with Crippen LogP contribution in [0.15, 0.2) is 23.8 Å². The fraction of sp³-hybridized carbons (Fsp3) is 0.286. The Morgan fingerprint density at radius 3 is 2.62 bits per heavy atom. The maximum atomic E-state index is 11.6. The standard InChI is InChI=1S/C7H8F2O3P/c8-11-13(10,12-9)6-7-4-2-1-3-5-7/h1-2,4-5H,3,6H2. The van der Waals surface area contributed by atoms with E-state index in [9.17, 15) is 13.6 Å². The lowest BCUT2D eigenvalue weighted by molar-refractivity contribution is -0.0867. The summed E-state index contributed by atoms with van der Waals surface area (Å²) < 4.78 is 40.1. The molecular weight excluding hydrogens is 201 g/mol. The van der Waals surface area contributed by atoms with Crippen LogP contribution >= 0.6 is 7.60 Å². The topological polar surface area (TPSA) is 35.5 Å². The minimum atomic E-state index is -4.22. The van der Waals surface area contributed by atoms with Gasteiger partial charge in [-0.05, 0) is 21.9 Å². The van der Waals surface area contributed by atoms with Crippen LogP contribution in [0.2, 0.25) is 0 Å². The van der Waals surface area contributed by atoms with Gasteiger partial charge in [-0.2, -0.15) is 0 Å². The fourth-order valence-corrected chi connectivity index (χ4v) is 1.76. The van der Waals surface area contributed by atoms with Gasteiger partial charge in [0.2, 0.25) is 0 Å². The van der Waals surface area contributed by atoms with Gasteiger partial charge in [0.05, 0.1) is 6.16 Å². The van der Waals surface area contributed by atoms with Crippen molar-refractivity contribution < 1.29 is 23.1 Å². The Bertz CT molecular complexity index is 267. The summed E-state index contributed by atoms with van der Waals surface area (Å²) in [6.45, 7) is 0. The van der Waals surface area contributed by atoms with E-state index in [-0.39, 0.29) is 0 Å². The van der Waals surface area contributed by atoms with Gasteiger partial charge >= 0.3 is 7.60 Å². The van der Waals surface area contributed by atoms with Crippen molar-refractivity contribution >= 4 is 7.60 Å². The lowest BCUT2D eigenvalue weighted by Crippen LogP contribution is -1.98. The lowest BCUT2D eigenvalue weighted by atomic mass is 10.1. The van der Waals surface area contributed by atoms with E-state index >= 15 is 0 Å². The Morgan fingerprint density at radius 1 is 1.46 bits per heavy atom. The molecule has 0 unspecified atom stereocenters. The molecule has 0 aromatic carbocycles. The number of hydrogen-bond acceptors (Lipinski definition) is 3. The van der Waals surface area contributed by atoms with Crippen molar-refractivity contribution in [1.29, 1.82) is 0 Å². The van der Waals surface area contributed by atoms with Gasteiger partial charge in [0, 0.05) is 0 Å². The Morgan fingerprint density at radius 2 is 2.15 bits per heavy atom. The summed E-state index contributed by atoms with van der Waals surface area (Å²) in [5, 5.41) is 0. The number of rotatable bonds is 4. The first-order valence-corrected chi connectivity index (χ1v) is 5.31. The largest absolute Gasteiger partial charge is 0.398 e. The van der Waals surface area contributed by atoms with Crippen molar-refractivity contribution in [2.75, 3.05) is 6.16 Å². The molecule has 0 saturated carbocycles. The molecule has 0 bridgehead atoms. The molecule has 6 heteroatoms. The number of allylic oxidation sites excluding steroid dienone is 4. The van der Waals surface area contributed by atoms with Crippen molar-refractivity contribution in [2.45, 2.75) is 6.42 Å². The Balaban J connectivity index is 2.61. The summed E-state index contributed by atoms with van der Waals surface area (Å²) in [5.41, 5.74) is 0.529. The predicted octanol–water partition coefficient (Wildman–Crippen LogP) is 3.07. The molecule has 0 saturated heterocycles. The first-order chi connectivity index (χ1) is 6.20. The van der Waals surface area contributed by atoms with Crippen LogP contribution in [0.1, 0.15) is 6.42 Å². The number of halogens is 2. The zero-order valence-electron chi connectivity index (χ0n) is 6.65. The molecule has 1 radical (unpaired) electrons. The third-order valence-electron chi connectivity index (χ3n) is 1.55. The summed E-state index contributed by atoms with van der Waals surface area (Å²) in [6, 6.07) is 0. The molecule has 0 N–H and O–H groups in total. The van der Waals surface area contributed by atoms with Crippen molar-refractivity contribution in [1.82, 2.24) is 0 Å². The van der Waals surface area contributed by atoms with Crippen LogP contribution in [0, 0.1) is 6.42 Å². The summed E-state index contributed by atoms with van der Waals surface area (Å²) in [4.78, 5) is 0. The second-order valence-electron chi connectivity index (χ2n) is 2.52. The summed E-state index contributed by atoms with van der Waals surface area (Å²) in [5.74, 6) is 0. The van der Waals surface area contributed by atoms with Crippen LogP contribution in [0.25, 0.3) is 0 Å². The maximum absolute atomic E-state index is 11.6. The molecule has 0 atom stereocenters. The molecule has 13 heavy (non-hydrogen) atoms. The highest BCUT2D eigenvalue weighted by Crippen LogP contribution is 2.50. The van der Waals surface area contributed by atoms with Crippen molar-refractivity contribution in [3.05, 3.63) is 30.2 Å². The van der Waals surface area contributed by atoms with Gasteiger partial charge in [0.1, 0.15) is 0 Å². The van der Waals surface area contributed by atoms with Crippen molar-refractivity contribution in [3.63, 3.8) is 0 Å². The monoisotopic (exact) mass is 209 g/mol. The van der Waals surface area contributed by atoms with Crippen molar-refractivity contribution in [3.8, 4) is 0 Å². The minimum absolute atomic E-state index is 0.398. The van der Waals surface area contributed by atoms with E-state index in [4.69, 9.17) is 0 Å². The predicted molar refractivity (Wildman–Crippen MR) is 43.0 cm³/mol. The van der Waals surface area contributed by atoms with E-state index in [0.717, 1.165) is 0 Å². The quantitative estimate of drug-likeness (QED) is 0.667. The van der Waals surface area contributed by atoms with Gasteiger partial charge in [0.15, 0.2) is 0 Å². The molecule has 73 valence electrons. The molecule has 0 aliphatic heterocycles. The molecule has 0 aromatic rings. The highest BCUT2D eigenvalue weighted by atomic mass is 31.2. The van der Waals surface area contributed by atoms with E-state index in [1.165, 1.54) is 0 Å². The smallest absolute Gasteiger partial charge is 0.254 e. The lowest BCUT2D eigenvalue weighted by Gasteiger charge is -2.10. The molecule has 3 nitrogen and oxygen atoms in total.